The summed E-state index contributed by atoms with van der Waals surface area (Å²) < 4.78 is 4.93. The number of likely N-dealkylation sites (tertiary alicyclic amines) is 1. The standard InChI is InChI=1S/C14H19N5O2/c1-10-7-13(18-21-10)16-14(20)9-19-6-2-3-11(8-19)12-4-5-15-17-12/h4-5,7,11H,2-3,6,8-9H2,1H3,(H,15,17)(H,16,18,20)/t11-/m0/s1. The summed E-state index contributed by atoms with van der Waals surface area (Å²) in [6, 6.07) is 3.72. The lowest BCUT2D eigenvalue weighted by Crippen LogP contribution is -2.39. The molecule has 2 aromatic rings. The molecule has 7 heteroatoms. The van der Waals surface area contributed by atoms with Crippen LogP contribution >= 0.6 is 0 Å². The highest BCUT2D eigenvalue weighted by molar-refractivity contribution is 5.91. The summed E-state index contributed by atoms with van der Waals surface area (Å²) >= 11 is 0. The van der Waals surface area contributed by atoms with Crippen LogP contribution in [-0.4, -0.2) is 45.8 Å². The van der Waals surface area contributed by atoms with E-state index in [0.717, 1.165) is 31.6 Å². The van der Waals surface area contributed by atoms with E-state index in [2.05, 4.69) is 25.6 Å². The van der Waals surface area contributed by atoms with Crippen molar-refractivity contribution in [2.45, 2.75) is 25.7 Å². The Kier molecular flexibility index (Phi) is 4.01. The Balaban J connectivity index is 1.53. The molecule has 3 heterocycles. The van der Waals surface area contributed by atoms with E-state index in [1.807, 2.05) is 6.07 Å². The van der Waals surface area contributed by atoms with Crippen LogP contribution in [0, 0.1) is 6.92 Å². The Morgan fingerprint density at radius 1 is 1.62 bits per heavy atom. The van der Waals surface area contributed by atoms with Crippen molar-refractivity contribution in [1.29, 1.82) is 0 Å². The van der Waals surface area contributed by atoms with E-state index in [9.17, 15) is 4.79 Å². The molecular weight excluding hydrogens is 270 g/mol. The average molecular weight is 289 g/mol. The summed E-state index contributed by atoms with van der Waals surface area (Å²) in [5.41, 5.74) is 1.15. The van der Waals surface area contributed by atoms with Crippen LogP contribution in [0.4, 0.5) is 5.82 Å². The second-order valence-electron chi connectivity index (χ2n) is 5.46. The van der Waals surface area contributed by atoms with Gasteiger partial charge in [-0.1, -0.05) is 5.16 Å². The van der Waals surface area contributed by atoms with E-state index < -0.39 is 0 Å². The Hall–Kier alpha value is -2.15. The van der Waals surface area contributed by atoms with Crippen molar-refractivity contribution in [3.63, 3.8) is 0 Å². The highest BCUT2D eigenvalue weighted by Crippen LogP contribution is 2.24. The van der Waals surface area contributed by atoms with Crippen molar-refractivity contribution < 1.29 is 9.32 Å². The minimum Gasteiger partial charge on any atom is -0.360 e. The first-order valence-corrected chi connectivity index (χ1v) is 7.15. The molecule has 0 aromatic carbocycles. The van der Waals surface area contributed by atoms with Gasteiger partial charge in [-0.15, -0.1) is 0 Å². The molecule has 2 N–H and O–H groups in total. The number of amides is 1. The molecule has 0 bridgehead atoms. The van der Waals surface area contributed by atoms with E-state index in [1.165, 1.54) is 0 Å². The van der Waals surface area contributed by atoms with Gasteiger partial charge < -0.3 is 9.84 Å². The quantitative estimate of drug-likeness (QED) is 0.891. The summed E-state index contributed by atoms with van der Waals surface area (Å²) in [5, 5.41) is 13.5. The zero-order valence-corrected chi connectivity index (χ0v) is 12.0. The molecule has 1 atom stereocenters. The number of carbonyl (C=O) groups excluding carboxylic acids is 1. The van der Waals surface area contributed by atoms with Crippen LogP contribution in [0.2, 0.25) is 0 Å². The Morgan fingerprint density at radius 3 is 3.24 bits per heavy atom. The van der Waals surface area contributed by atoms with Crippen molar-refractivity contribution in [2.75, 3.05) is 25.0 Å². The highest BCUT2D eigenvalue weighted by atomic mass is 16.5. The molecule has 0 spiro atoms. The lowest BCUT2D eigenvalue weighted by atomic mass is 9.95. The van der Waals surface area contributed by atoms with Crippen LogP contribution in [0.15, 0.2) is 22.9 Å². The van der Waals surface area contributed by atoms with E-state index in [4.69, 9.17) is 4.52 Å². The van der Waals surface area contributed by atoms with Crippen molar-refractivity contribution in [3.05, 3.63) is 29.8 Å². The number of rotatable bonds is 4. The maximum atomic E-state index is 12.0. The fourth-order valence-corrected chi connectivity index (χ4v) is 2.76. The van der Waals surface area contributed by atoms with E-state index in [1.54, 1.807) is 19.2 Å². The first kappa shape index (κ1) is 13.8. The Bertz CT molecular complexity index is 592. The molecule has 0 unspecified atom stereocenters. The van der Waals surface area contributed by atoms with Gasteiger partial charge in [0, 0.05) is 30.4 Å². The van der Waals surface area contributed by atoms with Crippen molar-refractivity contribution in [1.82, 2.24) is 20.3 Å². The Morgan fingerprint density at radius 2 is 2.52 bits per heavy atom. The predicted molar refractivity (Wildman–Crippen MR) is 76.9 cm³/mol. The van der Waals surface area contributed by atoms with Crippen LogP contribution in [0.3, 0.4) is 0 Å². The Labute approximate surface area is 122 Å². The number of H-pyrrole nitrogens is 1. The molecule has 7 nitrogen and oxygen atoms in total. The number of aromatic nitrogens is 3. The van der Waals surface area contributed by atoms with Gasteiger partial charge >= 0.3 is 0 Å². The van der Waals surface area contributed by atoms with Crippen LogP contribution < -0.4 is 5.32 Å². The average Bonchev–Trinajstić information content (AvgIpc) is 3.11. The molecule has 0 aliphatic carbocycles. The molecule has 1 saturated heterocycles. The van der Waals surface area contributed by atoms with E-state index in [-0.39, 0.29) is 5.91 Å². The SMILES string of the molecule is Cc1cc(NC(=O)CN2CCC[C@H](c3ccn[nH]3)C2)no1. The summed E-state index contributed by atoms with van der Waals surface area (Å²) in [6.07, 6.45) is 3.98. The minimum absolute atomic E-state index is 0.0615. The number of carbonyl (C=O) groups is 1. The van der Waals surface area contributed by atoms with Gasteiger partial charge in [-0.2, -0.15) is 5.10 Å². The number of aryl methyl sites for hydroxylation is 1. The molecule has 0 saturated carbocycles. The third-order valence-electron chi connectivity index (χ3n) is 3.73. The first-order chi connectivity index (χ1) is 10.2. The number of nitrogens with zero attached hydrogens (tertiary/aromatic N) is 3. The lowest BCUT2D eigenvalue weighted by Gasteiger charge is -2.31. The van der Waals surface area contributed by atoms with Gasteiger partial charge in [-0.25, -0.2) is 0 Å². The number of hydrogen-bond acceptors (Lipinski definition) is 5. The second-order valence-corrected chi connectivity index (χ2v) is 5.46. The van der Waals surface area contributed by atoms with Gasteiger partial charge in [0.1, 0.15) is 5.76 Å². The fourth-order valence-electron chi connectivity index (χ4n) is 2.76. The van der Waals surface area contributed by atoms with Gasteiger partial charge in [-0.3, -0.25) is 14.8 Å². The summed E-state index contributed by atoms with van der Waals surface area (Å²) in [4.78, 5) is 14.2. The molecule has 3 rings (SSSR count). The third kappa shape index (κ3) is 3.49. The van der Waals surface area contributed by atoms with Crippen molar-refractivity contribution >= 4 is 11.7 Å². The summed E-state index contributed by atoms with van der Waals surface area (Å²) in [7, 11) is 0. The van der Waals surface area contributed by atoms with Crippen LogP contribution in [0.1, 0.15) is 30.2 Å². The van der Waals surface area contributed by atoms with Gasteiger partial charge in [0.25, 0.3) is 0 Å². The zero-order valence-electron chi connectivity index (χ0n) is 12.0. The van der Waals surface area contributed by atoms with Crippen molar-refractivity contribution in [2.24, 2.45) is 0 Å². The zero-order chi connectivity index (χ0) is 14.7. The molecule has 1 fully saturated rings. The second kappa shape index (κ2) is 6.09. The monoisotopic (exact) mass is 289 g/mol. The molecule has 1 aliphatic heterocycles. The molecule has 1 aliphatic rings. The lowest BCUT2D eigenvalue weighted by molar-refractivity contribution is -0.117. The van der Waals surface area contributed by atoms with Gasteiger partial charge in [0.05, 0.1) is 6.54 Å². The number of anilines is 1. The number of hydrogen-bond donors (Lipinski definition) is 2. The van der Waals surface area contributed by atoms with Crippen LogP contribution in [0.25, 0.3) is 0 Å². The maximum absolute atomic E-state index is 12.0. The number of nitrogens with one attached hydrogen (secondary N) is 2. The fraction of sp³-hybridized carbons (Fsp3) is 0.500. The molecule has 21 heavy (non-hydrogen) atoms. The minimum atomic E-state index is -0.0615. The smallest absolute Gasteiger partial charge is 0.239 e. The topological polar surface area (TPSA) is 87.0 Å². The van der Waals surface area contributed by atoms with E-state index >= 15 is 0 Å². The van der Waals surface area contributed by atoms with Crippen LogP contribution in [-0.2, 0) is 4.79 Å². The third-order valence-corrected chi connectivity index (χ3v) is 3.73. The van der Waals surface area contributed by atoms with E-state index in [0.29, 0.717) is 24.0 Å². The number of aromatic amines is 1. The highest BCUT2D eigenvalue weighted by Gasteiger charge is 2.23. The first-order valence-electron chi connectivity index (χ1n) is 7.15. The maximum Gasteiger partial charge on any atom is 0.239 e. The van der Waals surface area contributed by atoms with Crippen LogP contribution in [0.5, 0.6) is 0 Å². The molecule has 2 aromatic heterocycles. The predicted octanol–water partition coefficient (Wildman–Crippen LogP) is 1.52. The van der Waals surface area contributed by atoms with Crippen molar-refractivity contribution in [3.8, 4) is 0 Å². The normalized spacial score (nSPS) is 19.6. The van der Waals surface area contributed by atoms with Gasteiger partial charge in [0.15, 0.2) is 5.82 Å². The van der Waals surface area contributed by atoms with Gasteiger partial charge in [-0.05, 0) is 32.4 Å². The molecule has 112 valence electrons. The molecular formula is C14H19N5O2. The van der Waals surface area contributed by atoms with Gasteiger partial charge in [0.2, 0.25) is 5.91 Å². The number of piperidine rings is 1. The molecule has 0 radical (unpaired) electrons. The summed E-state index contributed by atoms with van der Waals surface area (Å²) in [6.45, 7) is 3.97. The largest absolute Gasteiger partial charge is 0.360 e. The molecule has 1 amide bonds. The summed E-state index contributed by atoms with van der Waals surface area (Å²) in [5.74, 6) is 1.51.